The van der Waals surface area contributed by atoms with Crippen LogP contribution in [0.4, 0.5) is 5.69 Å². The molecule has 28 heavy (non-hydrogen) atoms. The van der Waals surface area contributed by atoms with Crippen molar-refractivity contribution >= 4 is 11.6 Å². The van der Waals surface area contributed by atoms with Crippen molar-refractivity contribution in [2.75, 3.05) is 5.32 Å². The highest BCUT2D eigenvalue weighted by atomic mass is 16.5. The third kappa shape index (κ3) is 4.21. The average Bonchev–Trinajstić information content (AvgIpc) is 3.29. The number of anilines is 1. The Labute approximate surface area is 161 Å². The van der Waals surface area contributed by atoms with Crippen LogP contribution in [0, 0.1) is 0 Å². The summed E-state index contributed by atoms with van der Waals surface area (Å²) in [7, 11) is 0. The van der Waals surface area contributed by atoms with Gasteiger partial charge >= 0.3 is 0 Å². The molecule has 0 saturated carbocycles. The Bertz CT molecular complexity index is 1050. The highest BCUT2D eigenvalue weighted by Crippen LogP contribution is 2.17. The number of hydrogen-bond donors (Lipinski definition) is 1. The first-order chi connectivity index (χ1) is 13.8. The van der Waals surface area contributed by atoms with Gasteiger partial charge in [0, 0.05) is 11.3 Å². The van der Waals surface area contributed by atoms with E-state index in [0.29, 0.717) is 23.6 Å². The van der Waals surface area contributed by atoms with Crippen LogP contribution < -0.4 is 10.1 Å². The molecule has 138 valence electrons. The minimum atomic E-state index is -0.205. The van der Waals surface area contributed by atoms with Gasteiger partial charge in [-0.2, -0.15) is 0 Å². The maximum atomic E-state index is 12.5. The summed E-state index contributed by atoms with van der Waals surface area (Å²) in [6, 6.07) is 24.3. The van der Waals surface area contributed by atoms with Gasteiger partial charge in [-0.15, -0.1) is 5.10 Å². The van der Waals surface area contributed by atoms with Gasteiger partial charge in [-0.25, -0.2) is 4.68 Å². The van der Waals surface area contributed by atoms with Gasteiger partial charge in [0.1, 0.15) is 18.7 Å². The number of carbonyl (C=O) groups is 1. The van der Waals surface area contributed by atoms with Crippen molar-refractivity contribution in [1.29, 1.82) is 0 Å². The fourth-order valence-electron chi connectivity index (χ4n) is 2.65. The second kappa shape index (κ2) is 8.13. The van der Waals surface area contributed by atoms with Gasteiger partial charge in [-0.3, -0.25) is 4.79 Å². The van der Waals surface area contributed by atoms with Gasteiger partial charge in [-0.1, -0.05) is 36.4 Å². The van der Waals surface area contributed by atoms with E-state index in [9.17, 15) is 4.79 Å². The van der Waals surface area contributed by atoms with E-state index in [2.05, 4.69) is 20.8 Å². The van der Waals surface area contributed by atoms with Crippen LogP contribution in [0.25, 0.3) is 5.69 Å². The maximum absolute atomic E-state index is 12.5. The van der Waals surface area contributed by atoms with Crippen molar-refractivity contribution in [3.05, 3.63) is 96.3 Å². The average molecular weight is 371 g/mol. The van der Waals surface area contributed by atoms with Gasteiger partial charge in [0.05, 0.1) is 5.69 Å². The Kier molecular flexibility index (Phi) is 5.06. The van der Waals surface area contributed by atoms with Crippen LogP contribution in [-0.2, 0) is 6.61 Å². The molecule has 4 rings (SSSR count). The molecule has 0 fully saturated rings. The summed E-state index contributed by atoms with van der Waals surface area (Å²) >= 11 is 0. The van der Waals surface area contributed by atoms with Gasteiger partial charge < -0.3 is 10.1 Å². The number of benzene rings is 3. The lowest BCUT2D eigenvalue weighted by Crippen LogP contribution is -2.12. The smallest absolute Gasteiger partial charge is 0.255 e. The molecule has 0 spiro atoms. The van der Waals surface area contributed by atoms with E-state index < -0.39 is 0 Å². The summed E-state index contributed by atoms with van der Waals surface area (Å²) in [5.74, 6) is 0.504. The lowest BCUT2D eigenvalue weighted by Gasteiger charge is -2.09. The fraction of sp³-hybridized carbons (Fsp3) is 0.0476. The highest BCUT2D eigenvalue weighted by molar-refractivity contribution is 6.04. The molecule has 4 aromatic rings. The molecule has 0 unspecified atom stereocenters. The molecular weight excluding hydrogens is 354 g/mol. The predicted octanol–water partition coefficient (Wildman–Crippen LogP) is 3.49. The van der Waals surface area contributed by atoms with E-state index in [1.54, 1.807) is 30.3 Å². The largest absolute Gasteiger partial charge is 0.489 e. The SMILES string of the molecule is O=C(Nc1cccc(-n2cnnn2)c1)c1ccc(OCc2ccccc2)cc1. The first-order valence-electron chi connectivity index (χ1n) is 8.69. The van der Waals surface area contributed by atoms with E-state index in [-0.39, 0.29) is 5.91 Å². The topological polar surface area (TPSA) is 81.9 Å². The summed E-state index contributed by atoms with van der Waals surface area (Å²) in [4.78, 5) is 12.5. The number of aromatic nitrogens is 4. The number of nitrogens with zero attached hydrogens (tertiary/aromatic N) is 4. The van der Waals surface area contributed by atoms with Gasteiger partial charge in [0.15, 0.2) is 0 Å². The number of nitrogens with one attached hydrogen (secondary N) is 1. The molecule has 0 atom stereocenters. The first kappa shape index (κ1) is 17.4. The summed E-state index contributed by atoms with van der Waals surface area (Å²) in [5.41, 5.74) is 3.04. The standard InChI is InChI=1S/C21H17N5O2/c27-21(23-18-7-4-8-19(13-18)26-15-22-24-25-26)17-9-11-20(12-10-17)28-14-16-5-2-1-3-6-16/h1-13,15H,14H2,(H,23,27). The number of tetrazole rings is 1. The number of rotatable bonds is 6. The third-order valence-corrected chi connectivity index (χ3v) is 4.08. The Morgan fingerprint density at radius 2 is 1.79 bits per heavy atom. The molecule has 7 heteroatoms. The molecule has 0 aliphatic rings. The van der Waals surface area contributed by atoms with Crippen molar-refractivity contribution < 1.29 is 9.53 Å². The van der Waals surface area contributed by atoms with Crippen molar-refractivity contribution in [2.24, 2.45) is 0 Å². The minimum absolute atomic E-state index is 0.205. The Morgan fingerprint density at radius 1 is 0.964 bits per heavy atom. The quantitative estimate of drug-likeness (QED) is 0.561. The monoisotopic (exact) mass is 371 g/mol. The summed E-state index contributed by atoms with van der Waals surface area (Å²) in [6.45, 7) is 0.482. The number of amides is 1. The highest BCUT2D eigenvalue weighted by Gasteiger charge is 2.08. The van der Waals surface area contributed by atoms with Crippen molar-refractivity contribution in [2.45, 2.75) is 6.61 Å². The number of hydrogen-bond acceptors (Lipinski definition) is 5. The van der Waals surface area contributed by atoms with E-state index in [0.717, 1.165) is 11.3 Å². The zero-order valence-corrected chi connectivity index (χ0v) is 14.9. The summed E-state index contributed by atoms with van der Waals surface area (Å²) in [6.07, 6.45) is 1.50. The lowest BCUT2D eigenvalue weighted by molar-refractivity contribution is 0.102. The molecule has 3 aromatic carbocycles. The van der Waals surface area contributed by atoms with Crippen LogP contribution in [-0.4, -0.2) is 26.1 Å². The number of carbonyl (C=O) groups excluding carboxylic acids is 1. The van der Waals surface area contributed by atoms with Gasteiger partial charge in [-0.05, 0) is 58.5 Å². The molecule has 1 amide bonds. The molecule has 1 N–H and O–H groups in total. The minimum Gasteiger partial charge on any atom is -0.489 e. The Hall–Kier alpha value is -4.00. The van der Waals surface area contributed by atoms with Crippen LogP contribution in [0.1, 0.15) is 15.9 Å². The molecule has 0 radical (unpaired) electrons. The summed E-state index contributed by atoms with van der Waals surface area (Å²) in [5, 5.41) is 13.9. The van der Waals surface area contributed by atoms with E-state index >= 15 is 0 Å². The molecular formula is C21H17N5O2. The second-order valence-electron chi connectivity index (χ2n) is 6.06. The first-order valence-corrected chi connectivity index (χ1v) is 8.69. The van der Waals surface area contributed by atoms with Crippen LogP contribution in [0.3, 0.4) is 0 Å². The van der Waals surface area contributed by atoms with Gasteiger partial charge in [0.25, 0.3) is 5.91 Å². The van der Waals surface area contributed by atoms with E-state index in [1.165, 1.54) is 11.0 Å². The maximum Gasteiger partial charge on any atom is 0.255 e. The molecule has 0 bridgehead atoms. The normalized spacial score (nSPS) is 10.4. The van der Waals surface area contributed by atoms with E-state index in [4.69, 9.17) is 4.74 Å². The Morgan fingerprint density at radius 3 is 2.54 bits per heavy atom. The van der Waals surface area contributed by atoms with Crippen LogP contribution in [0.5, 0.6) is 5.75 Å². The lowest BCUT2D eigenvalue weighted by atomic mass is 10.2. The zero-order chi connectivity index (χ0) is 19.2. The molecule has 7 nitrogen and oxygen atoms in total. The molecule has 0 aliphatic carbocycles. The second-order valence-corrected chi connectivity index (χ2v) is 6.06. The zero-order valence-electron chi connectivity index (χ0n) is 14.9. The summed E-state index contributed by atoms with van der Waals surface area (Å²) < 4.78 is 7.27. The fourth-order valence-corrected chi connectivity index (χ4v) is 2.65. The van der Waals surface area contributed by atoms with Crippen LogP contribution >= 0.6 is 0 Å². The Balaban J connectivity index is 1.39. The van der Waals surface area contributed by atoms with Gasteiger partial charge in [0.2, 0.25) is 0 Å². The van der Waals surface area contributed by atoms with Crippen molar-refractivity contribution in [3.63, 3.8) is 0 Å². The van der Waals surface area contributed by atoms with Crippen molar-refractivity contribution in [3.8, 4) is 11.4 Å². The molecule has 0 aliphatic heterocycles. The molecule has 1 aromatic heterocycles. The number of ether oxygens (including phenoxy) is 1. The third-order valence-electron chi connectivity index (χ3n) is 4.08. The molecule has 0 saturated heterocycles. The van der Waals surface area contributed by atoms with Crippen LogP contribution in [0.15, 0.2) is 85.2 Å². The predicted molar refractivity (Wildman–Crippen MR) is 104 cm³/mol. The van der Waals surface area contributed by atoms with Crippen LogP contribution in [0.2, 0.25) is 0 Å². The van der Waals surface area contributed by atoms with E-state index in [1.807, 2.05) is 48.5 Å². The van der Waals surface area contributed by atoms with Crippen molar-refractivity contribution in [1.82, 2.24) is 20.2 Å². The molecule has 1 heterocycles.